The molecule has 0 radical (unpaired) electrons. The highest BCUT2D eigenvalue weighted by Crippen LogP contribution is 2.33. The van der Waals surface area contributed by atoms with Crippen LogP contribution in [0.25, 0.3) is 22.3 Å². The fourth-order valence-electron chi connectivity index (χ4n) is 4.17. The Hall–Kier alpha value is -3.39. The molecular weight excluding hydrogens is 420 g/mol. The molecule has 2 N–H and O–H groups in total. The number of para-hydroxylation sites is 1. The third-order valence-electron chi connectivity index (χ3n) is 5.85. The molecule has 1 aromatic heterocycles. The maximum atomic E-state index is 11.9. The molecule has 0 bridgehead atoms. The number of carbonyl (C=O) groups is 1. The van der Waals surface area contributed by atoms with Crippen LogP contribution in [-0.2, 0) is 9.47 Å². The van der Waals surface area contributed by atoms with Crippen molar-refractivity contribution in [1.29, 1.82) is 0 Å². The smallest absolute Gasteiger partial charge is 0.407 e. The number of aromatic hydroxyl groups is 1. The van der Waals surface area contributed by atoms with Crippen LogP contribution in [0.5, 0.6) is 5.75 Å². The molecule has 2 heterocycles. The number of aryl methyl sites for hydroxylation is 1. The van der Waals surface area contributed by atoms with Crippen molar-refractivity contribution in [1.82, 2.24) is 15.3 Å². The monoisotopic (exact) mass is 450 g/mol. The number of phenolic OH excluding ortho intramolecular Hbond substituents is 1. The van der Waals surface area contributed by atoms with Gasteiger partial charge in [0.1, 0.15) is 18.2 Å². The van der Waals surface area contributed by atoms with Gasteiger partial charge in [0, 0.05) is 32.1 Å². The molecule has 0 aliphatic carbocycles. The van der Waals surface area contributed by atoms with Crippen molar-refractivity contribution in [3.05, 3.63) is 48.0 Å². The molecule has 33 heavy (non-hydrogen) atoms. The maximum Gasteiger partial charge on any atom is 0.407 e. The summed E-state index contributed by atoms with van der Waals surface area (Å²) in [6.07, 6.45) is 1.59. The van der Waals surface area contributed by atoms with E-state index in [1.165, 1.54) is 0 Å². The van der Waals surface area contributed by atoms with Gasteiger partial charge >= 0.3 is 6.09 Å². The third kappa shape index (κ3) is 5.51. The number of amides is 1. The zero-order valence-corrected chi connectivity index (χ0v) is 19.1. The predicted molar refractivity (Wildman–Crippen MR) is 128 cm³/mol. The topological polar surface area (TPSA) is 96.8 Å². The second-order valence-electron chi connectivity index (χ2n) is 8.37. The fourth-order valence-corrected chi connectivity index (χ4v) is 4.17. The molecule has 0 saturated carbocycles. The first-order chi connectivity index (χ1) is 16.0. The average Bonchev–Trinajstić information content (AvgIpc) is 2.82. The number of benzene rings is 2. The van der Waals surface area contributed by atoms with Gasteiger partial charge in [-0.15, -0.1) is 0 Å². The number of anilines is 1. The highest BCUT2D eigenvalue weighted by Gasteiger charge is 2.24. The van der Waals surface area contributed by atoms with Crippen molar-refractivity contribution in [3.63, 3.8) is 0 Å². The number of ether oxygens (including phenoxy) is 2. The number of carbonyl (C=O) groups excluding carboxylic acids is 1. The molecule has 8 heteroatoms. The quantitative estimate of drug-likeness (QED) is 0.527. The lowest BCUT2D eigenvalue weighted by atomic mass is 9.97. The Morgan fingerprint density at radius 3 is 2.88 bits per heavy atom. The number of fused-ring (bicyclic) bond motifs is 1. The fraction of sp³-hybridized carbons (Fsp3) is 0.400. The normalized spacial score (nSPS) is 16.1. The van der Waals surface area contributed by atoms with Crippen LogP contribution in [0.1, 0.15) is 18.4 Å². The van der Waals surface area contributed by atoms with Crippen LogP contribution in [0.2, 0.25) is 0 Å². The van der Waals surface area contributed by atoms with E-state index in [0.29, 0.717) is 24.5 Å². The second-order valence-corrected chi connectivity index (χ2v) is 8.37. The number of rotatable bonds is 7. The minimum atomic E-state index is -0.422. The van der Waals surface area contributed by atoms with Gasteiger partial charge in [-0.25, -0.2) is 14.8 Å². The zero-order chi connectivity index (χ0) is 23.2. The molecule has 3 aromatic rings. The minimum absolute atomic E-state index is 0.156. The van der Waals surface area contributed by atoms with Gasteiger partial charge in [-0.2, -0.15) is 0 Å². The number of alkyl carbamates (subject to hydrolysis) is 1. The lowest BCUT2D eigenvalue weighted by Gasteiger charge is -2.34. The summed E-state index contributed by atoms with van der Waals surface area (Å²) in [7, 11) is 1.57. The van der Waals surface area contributed by atoms with E-state index in [0.717, 1.165) is 48.2 Å². The van der Waals surface area contributed by atoms with E-state index >= 15 is 0 Å². The van der Waals surface area contributed by atoms with E-state index in [2.05, 4.69) is 22.3 Å². The summed E-state index contributed by atoms with van der Waals surface area (Å²) in [6.45, 7) is 4.82. The Morgan fingerprint density at radius 1 is 1.21 bits per heavy atom. The van der Waals surface area contributed by atoms with E-state index in [9.17, 15) is 9.90 Å². The number of hydrogen-bond donors (Lipinski definition) is 2. The number of hydrogen-bond acceptors (Lipinski definition) is 7. The molecule has 1 aliphatic rings. The summed E-state index contributed by atoms with van der Waals surface area (Å²) in [5.74, 6) is 1.79. The largest absolute Gasteiger partial charge is 0.507 e. The standard InChI is InChI=1S/C25H30N4O4/c1-17-9-10-19-21(14-17)27-23(20-7-3-4-8-22(20)30)28-24(19)29-11-5-6-18(16-29)15-26-25(31)33-13-12-32-2/h3-4,7-10,14,18,30H,5-6,11-13,15-16H2,1-2H3,(H,26,31)/t18-/m0/s1. The van der Waals surface area contributed by atoms with Crippen molar-refractivity contribution in [3.8, 4) is 17.1 Å². The third-order valence-corrected chi connectivity index (χ3v) is 5.85. The van der Waals surface area contributed by atoms with Crippen molar-refractivity contribution in [2.45, 2.75) is 19.8 Å². The lowest BCUT2D eigenvalue weighted by molar-refractivity contribution is 0.0976. The second kappa shape index (κ2) is 10.5. The molecule has 4 rings (SSSR count). The van der Waals surface area contributed by atoms with Crippen LogP contribution >= 0.6 is 0 Å². The molecule has 0 spiro atoms. The number of nitrogens with one attached hydrogen (secondary N) is 1. The zero-order valence-electron chi connectivity index (χ0n) is 19.1. The Bertz CT molecular complexity index is 1120. The highest BCUT2D eigenvalue weighted by atomic mass is 16.6. The van der Waals surface area contributed by atoms with Gasteiger partial charge in [0.15, 0.2) is 5.82 Å². The lowest BCUT2D eigenvalue weighted by Crippen LogP contribution is -2.41. The summed E-state index contributed by atoms with van der Waals surface area (Å²) in [5.41, 5.74) is 2.57. The van der Waals surface area contributed by atoms with Gasteiger partial charge in [0.2, 0.25) is 0 Å². The first kappa shape index (κ1) is 22.8. The van der Waals surface area contributed by atoms with Crippen molar-refractivity contribution >= 4 is 22.8 Å². The summed E-state index contributed by atoms with van der Waals surface area (Å²) < 4.78 is 10.00. The molecule has 174 valence electrons. The first-order valence-electron chi connectivity index (χ1n) is 11.3. The Morgan fingerprint density at radius 2 is 2.06 bits per heavy atom. The van der Waals surface area contributed by atoms with Gasteiger partial charge < -0.3 is 24.8 Å². The summed E-state index contributed by atoms with van der Waals surface area (Å²) in [6, 6.07) is 13.3. The molecule has 2 aromatic carbocycles. The Labute approximate surface area is 193 Å². The number of aromatic nitrogens is 2. The summed E-state index contributed by atoms with van der Waals surface area (Å²) in [5, 5.41) is 14.2. The van der Waals surface area contributed by atoms with Crippen molar-refractivity contribution in [2.75, 3.05) is 44.9 Å². The van der Waals surface area contributed by atoms with E-state index < -0.39 is 6.09 Å². The van der Waals surface area contributed by atoms with E-state index in [1.807, 2.05) is 25.1 Å². The highest BCUT2D eigenvalue weighted by molar-refractivity contribution is 5.92. The SMILES string of the molecule is COCCOC(=O)NC[C@@H]1CCCN(c2nc(-c3ccccc3O)nc3cc(C)ccc23)C1. The molecule has 1 atom stereocenters. The summed E-state index contributed by atoms with van der Waals surface area (Å²) >= 11 is 0. The van der Waals surface area contributed by atoms with E-state index in [1.54, 1.807) is 19.2 Å². The van der Waals surface area contributed by atoms with E-state index in [4.69, 9.17) is 19.4 Å². The number of phenols is 1. The Kier molecular flexibility index (Phi) is 7.24. The molecule has 8 nitrogen and oxygen atoms in total. The number of nitrogens with zero attached hydrogens (tertiary/aromatic N) is 3. The van der Waals surface area contributed by atoms with Crippen molar-refractivity contribution in [2.24, 2.45) is 5.92 Å². The van der Waals surface area contributed by atoms with Crippen LogP contribution < -0.4 is 10.2 Å². The van der Waals surface area contributed by atoms with Gasteiger partial charge in [0.25, 0.3) is 0 Å². The van der Waals surface area contributed by atoms with Gasteiger partial charge in [-0.05, 0) is 55.5 Å². The predicted octanol–water partition coefficient (Wildman–Crippen LogP) is 3.90. The van der Waals surface area contributed by atoms with Crippen LogP contribution in [-0.4, -0.2) is 61.1 Å². The van der Waals surface area contributed by atoms with Crippen LogP contribution in [0.4, 0.5) is 10.6 Å². The van der Waals surface area contributed by atoms with E-state index in [-0.39, 0.29) is 18.3 Å². The van der Waals surface area contributed by atoms with Gasteiger partial charge in [-0.3, -0.25) is 0 Å². The minimum Gasteiger partial charge on any atom is -0.507 e. The van der Waals surface area contributed by atoms with Crippen molar-refractivity contribution < 1.29 is 19.4 Å². The molecule has 1 aliphatic heterocycles. The molecular formula is C25H30N4O4. The maximum absolute atomic E-state index is 11.9. The molecule has 1 amide bonds. The summed E-state index contributed by atoms with van der Waals surface area (Å²) in [4.78, 5) is 23.8. The molecule has 1 fully saturated rings. The number of piperidine rings is 1. The van der Waals surface area contributed by atoms with Crippen LogP contribution in [0, 0.1) is 12.8 Å². The first-order valence-corrected chi connectivity index (χ1v) is 11.3. The van der Waals surface area contributed by atoms with Gasteiger partial charge in [-0.1, -0.05) is 18.2 Å². The van der Waals surface area contributed by atoms with Crippen LogP contribution in [0.15, 0.2) is 42.5 Å². The van der Waals surface area contributed by atoms with Gasteiger partial charge in [0.05, 0.1) is 17.7 Å². The molecule has 0 unspecified atom stereocenters. The molecule has 1 saturated heterocycles. The Balaban J connectivity index is 1.57. The number of methoxy groups -OCH3 is 1. The average molecular weight is 451 g/mol. The van der Waals surface area contributed by atoms with Crippen LogP contribution in [0.3, 0.4) is 0 Å².